The molecule has 3 aromatic rings. The Balaban J connectivity index is 2.35. The van der Waals surface area contributed by atoms with E-state index < -0.39 is 0 Å². The van der Waals surface area contributed by atoms with Gasteiger partial charge in [0.2, 0.25) is 0 Å². The minimum Gasteiger partial charge on any atom is -0.396 e. The predicted molar refractivity (Wildman–Crippen MR) is 68.4 cm³/mol. The van der Waals surface area contributed by atoms with Crippen molar-refractivity contribution < 1.29 is 0 Å². The number of pyridine rings is 1. The van der Waals surface area contributed by atoms with Crippen LogP contribution in [0.2, 0.25) is 0 Å². The van der Waals surface area contributed by atoms with E-state index >= 15 is 0 Å². The standard InChI is InChI=1S/C10H7BrN4S/c11-6-4-7(12)9-13-14-10(15(9)5-6)8-2-1-3-16-8/h1-5H,12H2. The number of hydrogen-bond donors (Lipinski definition) is 1. The van der Waals surface area contributed by atoms with Crippen molar-refractivity contribution >= 4 is 38.6 Å². The molecule has 0 atom stereocenters. The van der Waals surface area contributed by atoms with Gasteiger partial charge in [-0.3, -0.25) is 4.40 Å². The molecule has 0 saturated carbocycles. The highest BCUT2D eigenvalue weighted by molar-refractivity contribution is 9.10. The second-order valence-electron chi connectivity index (χ2n) is 3.31. The Bertz CT molecular complexity index is 644. The van der Waals surface area contributed by atoms with Crippen LogP contribution in [0.25, 0.3) is 16.3 Å². The second-order valence-corrected chi connectivity index (χ2v) is 5.17. The largest absolute Gasteiger partial charge is 0.396 e. The number of aromatic nitrogens is 3. The fourth-order valence-corrected chi connectivity index (χ4v) is 2.71. The molecule has 16 heavy (non-hydrogen) atoms. The number of nitrogen functional groups attached to an aromatic ring is 1. The topological polar surface area (TPSA) is 56.2 Å². The summed E-state index contributed by atoms with van der Waals surface area (Å²) in [4.78, 5) is 1.07. The van der Waals surface area contributed by atoms with Crippen molar-refractivity contribution in [1.29, 1.82) is 0 Å². The summed E-state index contributed by atoms with van der Waals surface area (Å²) < 4.78 is 2.81. The monoisotopic (exact) mass is 294 g/mol. The molecule has 80 valence electrons. The SMILES string of the molecule is Nc1cc(Br)cn2c(-c3cccs3)nnc12. The molecule has 0 fully saturated rings. The molecule has 0 unspecified atom stereocenters. The van der Waals surface area contributed by atoms with E-state index in [1.807, 2.05) is 34.2 Å². The van der Waals surface area contributed by atoms with Crippen LogP contribution in [0.1, 0.15) is 0 Å². The Morgan fingerprint density at radius 3 is 3.00 bits per heavy atom. The van der Waals surface area contributed by atoms with Gasteiger partial charge in [-0.25, -0.2) is 0 Å². The summed E-state index contributed by atoms with van der Waals surface area (Å²) in [5, 5.41) is 10.3. The number of rotatable bonds is 1. The van der Waals surface area contributed by atoms with Crippen molar-refractivity contribution in [1.82, 2.24) is 14.6 Å². The average molecular weight is 295 g/mol. The summed E-state index contributed by atoms with van der Waals surface area (Å²) in [7, 11) is 0. The summed E-state index contributed by atoms with van der Waals surface area (Å²) >= 11 is 5.04. The highest BCUT2D eigenvalue weighted by atomic mass is 79.9. The zero-order chi connectivity index (χ0) is 11.1. The number of halogens is 1. The number of hydrogen-bond acceptors (Lipinski definition) is 4. The fourth-order valence-electron chi connectivity index (χ4n) is 1.56. The molecular weight excluding hydrogens is 288 g/mol. The van der Waals surface area contributed by atoms with E-state index in [1.54, 1.807) is 11.3 Å². The minimum atomic E-state index is 0.615. The van der Waals surface area contributed by atoms with E-state index in [-0.39, 0.29) is 0 Å². The maximum atomic E-state index is 5.87. The molecule has 3 aromatic heterocycles. The van der Waals surface area contributed by atoms with Crippen LogP contribution in [0.3, 0.4) is 0 Å². The van der Waals surface area contributed by atoms with Crippen LogP contribution in [-0.2, 0) is 0 Å². The first kappa shape index (κ1) is 9.80. The highest BCUT2D eigenvalue weighted by Gasteiger charge is 2.11. The van der Waals surface area contributed by atoms with Crippen molar-refractivity contribution in [3.05, 3.63) is 34.2 Å². The second kappa shape index (κ2) is 3.57. The normalized spacial score (nSPS) is 11.1. The number of nitrogens with two attached hydrogens (primary N) is 1. The van der Waals surface area contributed by atoms with E-state index in [0.717, 1.165) is 15.2 Å². The molecule has 0 radical (unpaired) electrons. The van der Waals surface area contributed by atoms with Crippen LogP contribution in [0.4, 0.5) is 5.69 Å². The van der Waals surface area contributed by atoms with E-state index in [2.05, 4.69) is 26.1 Å². The summed E-state index contributed by atoms with van der Waals surface area (Å²) in [5.74, 6) is 0.818. The van der Waals surface area contributed by atoms with Gasteiger partial charge in [-0.05, 0) is 33.4 Å². The van der Waals surface area contributed by atoms with Crippen LogP contribution in [0.5, 0.6) is 0 Å². The zero-order valence-electron chi connectivity index (χ0n) is 8.09. The molecule has 0 spiro atoms. The van der Waals surface area contributed by atoms with E-state index in [0.29, 0.717) is 11.3 Å². The summed E-state index contributed by atoms with van der Waals surface area (Å²) in [6.07, 6.45) is 1.92. The van der Waals surface area contributed by atoms with Crippen LogP contribution < -0.4 is 5.73 Å². The maximum absolute atomic E-state index is 5.87. The molecule has 0 aliphatic rings. The third-order valence-corrected chi connectivity index (χ3v) is 3.54. The van der Waals surface area contributed by atoms with E-state index in [1.165, 1.54) is 0 Å². The van der Waals surface area contributed by atoms with Crippen LogP contribution in [0.15, 0.2) is 34.2 Å². The van der Waals surface area contributed by atoms with Crippen molar-refractivity contribution in [3.8, 4) is 10.7 Å². The number of anilines is 1. The molecule has 6 heteroatoms. The molecule has 0 aromatic carbocycles. The van der Waals surface area contributed by atoms with Gasteiger partial charge in [0.15, 0.2) is 11.5 Å². The fraction of sp³-hybridized carbons (Fsp3) is 0. The number of nitrogens with zero attached hydrogens (tertiary/aromatic N) is 3. The lowest BCUT2D eigenvalue weighted by Gasteiger charge is -2.00. The van der Waals surface area contributed by atoms with Gasteiger partial charge in [-0.2, -0.15) is 0 Å². The molecule has 0 aliphatic heterocycles. The van der Waals surface area contributed by atoms with Gasteiger partial charge in [-0.1, -0.05) is 6.07 Å². The molecule has 0 aliphatic carbocycles. The molecule has 0 bridgehead atoms. The van der Waals surface area contributed by atoms with Crippen LogP contribution in [-0.4, -0.2) is 14.6 Å². The Morgan fingerprint density at radius 1 is 1.38 bits per heavy atom. The minimum absolute atomic E-state index is 0.615. The zero-order valence-corrected chi connectivity index (χ0v) is 10.5. The van der Waals surface area contributed by atoms with Gasteiger partial charge in [0.05, 0.1) is 10.6 Å². The molecule has 4 nitrogen and oxygen atoms in total. The third kappa shape index (κ3) is 1.42. The quantitative estimate of drug-likeness (QED) is 0.751. The highest BCUT2D eigenvalue weighted by Crippen LogP contribution is 2.26. The molecule has 0 saturated heterocycles. The molecular formula is C10H7BrN4S. The van der Waals surface area contributed by atoms with Gasteiger partial charge in [0.1, 0.15) is 0 Å². The third-order valence-electron chi connectivity index (χ3n) is 2.24. The molecule has 3 rings (SSSR count). The van der Waals surface area contributed by atoms with Gasteiger partial charge in [-0.15, -0.1) is 21.5 Å². The van der Waals surface area contributed by atoms with Gasteiger partial charge < -0.3 is 5.73 Å². The molecule has 0 amide bonds. The van der Waals surface area contributed by atoms with E-state index in [4.69, 9.17) is 5.73 Å². The maximum Gasteiger partial charge on any atom is 0.184 e. The lowest BCUT2D eigenvalue weighted by molar-refractivity contribution is 1.12. The summed E-state index contributed by atoms with van der Waals surface area (Å²) in [6.45, 7) is 0. The lowest BCUT2D eigenvalue weighted by atomic mass is 10.4. The van der Waals surface area contributed by atoms with Crippen molar-refractivity contribution in [2.45, 2.75) is 0 Å². The summed E-state index contributed by atoms with van der Waals surface area (Å²) in [5.41, 5.74) is 7.18. The smallest absolute Gasteiger partial charge is 0.184 e. The van der Waals surface area contributed by atoms with Crippen molar-refractivity contribution in [2.75, 3.05) is 5.73 Å². The molecule has 2 N–H and O–H groups in total. The average Bonchev–Trinajstić information content (AvgIpc) is 2.83. The van der Waals surface area contributed by atoms with Crippen molar-refractivity contribution in [3.63, 3.8) is 0 Å². The van der Waals surface area contributed by atoms with Gasteiger partial charge in [0, 0.05) is 10.7 Å². The first-order valence-corrected chi connectivity index (χ1v) is 6.26. The Kier molecular flexibility index (Phi) is 2.19. The molecule has 3 heterocycles. The van der Waals surface area contributed by atoms with Gasteiger partial charge in [0.25, 0.3) is 0 Å². The lowest BCUT2D eigenvalue weighted by Crippen LogP contribution is -1.93. The summed E-state index contributed by atoms with van der Waals surface area (Å²) in [6, 6.07) is 5.82. The number of thiophene rings is 1. The first-order valence-electron chi connectivity index (χ1n) is 4.59. The Labute approximate surface area is 104 Å². The van der Waals surface area contributed by atoms with Crippen LogP contribution >= 0.6 is 27.3 Å². The van der Waals surface area contributed by atoms with E-state index in [9.17, 15) is 0 Å². The van der Waals surface area contributed by atoms with Crippen LogP contribution in [0, 0.1) is 0 Å². The van der Waals surface area contributed by atoms with Gasteiger partial charge >= 0.3 is 0 Å². The Morgan fingerprint density at radius 2 is 2.25 bits per heavy atom. The number of fused-ring (bicyclic) bond motifs is 1. The van der Waals surface area contributed by atoms with Crippen molar-refractivity contribution in [2.24, 2.45) is 0 Å². The predicted octanol–water partition coefficient (Wildman–Crippen LogP) is 2.80. The Hall–Kier alpha value is -1.40. The first-order chi connectivity index (χ1) is 7.75.